The lowest BCUT2D eigenvalue weighted by Crippen LogP contribution is -2.20. The Morgan fingerprint density at radius 1 is 0.921 bits per heavy atom. The van der Waals surface area contributed by atoms with Crippen LogP contribution in [0.2, 0.25) is 0 Å². The van der Waals surface area contributed by atoms with Gasteiger partial charge in [-0.15, -0.1) is 11.3 Å². The summed E-state index contributed by atoms with van der Waals surface area (Å²) in [6, 6.07) is 24.2. The summed E-state index contributed by atoms with van der Waals surface area (Å²) in [6.45, 7) is 2.00. The van der Waals surface area contributed by atoms with Gasteiger partial charge < -0.3 is 20.1 Å². The number of hydrogen-bond donors (Lipinski definition) is 3. The highest BCUT2D eigenvalue weighted by molar-refractivity contribution is 7.92. The molecule has 1 heterocycles. The van der Waals surface area contributed by atoms with Crippen molar-refractivity contribution < 1.29 is 22.7 Å². The molecule has 0 aliphatic heterocycles. The molecular formula is C27H25N3O5S3. The van der Waals surface area contributed by atoms with E-state index >= 15 is 0 Å². The number of hydrogen-bond acceptors (Lipinski definition) is 7. The fourth-order valence-corrected chi connectivity index (χ4v) is 5.84. The molecule has 0 aliphatic rings. The maximum absolute atomic E-state index is 12.8. The number of methoxy groups -OCH3 is 1. The van der Waals surface area contributed by atoms with Gasteiger partial charge in [0.15, 0.2) is 5.11 Å². The quantitative estimate of drug-likeness (QED) is 0.162. The van der Waals surface area contributed by atoms with E-state index in [2.05, 4.69) is 15.4 Å². The number of carbonyl (C=O) groups excluding carboxylic acids is 1. The minimum atomic E-state index is -3.79. The summed E-state index contributed by atoms with van der Waals surface area (Å²) in [4.78, 5) is 13.5. The number of sulfonamides is 1. The first-order valence-electron chi connectivity index (χ1n) is 11.5. The number of carbonyl (C=O) groups is 1. The monoisotopic (exact) mass is 567 g/mol. The van der Waals surface area contributed by atoms with E-state index in [1.807, 2.05) is 30.3 Å². The summed E-state index contributed by atoms with van der Waals surface area (Å²) < 4.78 is 38.4. The Labute approximate surface area is 230 Å². The third-order valence-electron chi connectivity index (χ3n) is 5.28. The van der Waals surface area contributed by atoms with Crippen LogP contribution in [-0.4, -0.2) is 33.2 Å². The summed E-state index contributed by atoms with van der Waals surface area (Å²) in [5.41, 5.74) is 2.34. The molecule has 1 aromatic heterocycles. The molecule has 0 atom stereocenters. The minimum absolute atomic E-state index is 0.0908. The van der Waals surface area contributed by atoms with Crippen LogP contribution in [0.4, 0.5) is 16.4 Å². The summed E-state index contributed by atoms with van der Waals surface area (Å²) in [7, 11) is -2.25. The highest BCUT2D eigenvalue weighted by atomic mass is 32.2. The Balaban J connectivity index is 1.45. The maximum atomic E-state index is 12.8. The number of thiocarbonyl (C=S) groups is 1. The first kappa shape index (κ1) is 27.1. The van der Waals surface area contributed by atoms with E-state index in [9.17, 15) is 13.2 Å². The first-order valence-corrected chi connectivity index (χ1v) is 14.2. The Morgan fingerprint density at radius 3 is 2.21 bits per heavy atom. The van der Waals surface area contributed by atoms with Crippen LogP contribution in [0.5, 0.6) is 5.75 Å². The summed E-state index contributed by atoms with van der Waals surface area (Å²) in [5.74, 6) is 0.177. The molecule has 0 fully saturated rings. The number of benzene rings is 3. The fraction of sp³-hybridized carbons (Fsp3) is 0.111. The maximum Gasteiger partial charge on any atom is 0.341 e. The smallest absolute Gasteiger partial charge is 0.341 e. The molecule has 0 saturated carbocycles. The Hall–Kier alpha value is -3.93. The van der Waals surface area contributed by atoms with E-state index in [4.69, 9.17) is 21.7 Å². The summed E-state index contributed by atoms with van der Waals surface area (Å²) >= 11 is 6.84. The molecule has 8 nitrogen and oxygen atoms in total. The zero-order valence-corrected chi connectivity index (χ0v) is 23.0. The topological polar surface area (TPSA) is 106 Å². The predicted molar refractivity (Wildman–Crippen MR) is 156 cm³/mol. The lowest BCUT2D eigenvalue weighted by atomic mass is 10.1. The Bertz CT molecular complexity index is 1520. The van der Waals surface area contributed by atoms with Crippen LogP contribution in [0, 0.1) is 0 Å². The predicted octanol–water partition coefficient (Wildman–Crippen LogP) is 6.21. The second kappa shape index (κ2) is 12.1. The third-order valence-corrected chi connectivity index (χ3v) is 7.98. The normalized spacial score (nSPS) is 10.9. The third kappa shape index (κ3) is 6.68. The van der Waals surface area contributed by atoms with Crippen LogP contribution in [-0.2, 0) is 14.8 Å². The molecule has 3 N–H and O–H groups in total. The molecule has 11 heteroatoms. The number of ether oxygens (including phenoxy) is 2. The van der Waals surface area contributed by atoms with E-state index in [0.29, 0.717) is 27.7 Å². The molecule has 0 unspecified atom stereocenters. The van der Waals surface area contributed by atoms with Crippen LogP contribution in [0.15, 0.2) is 89.8 Å². The second-order valence-electron chi connectivity index (χ2n) is 7.88. The molecule has 196 valence electrons. The summed E-state index contributed by atoms with van der Waals surface area (Å²) in [6.07, 6.45) is 0. The van der Waals surface area contributed by atoms with Crippen molar-refractivity contribution in [2.75, 3.05) is 29.1 Å². The van der Waals surface area contributed by atoms with Gasteiger partial charge in [0.25, 0.3) is 10.0 Å². The van der Waals surface area contributed by atoms with Gasteiger partial charge in [-0.1, -0.05) is 30.3 Å². The molecule has 0 aliphatic carbocycles. The first-order chi connectivity index (χ1) is 18.3. The van der Waals surface area contributed by atoms with Gasteiger partial charge in [-0.3, -0.25) is 4.72 Å². The lowest BCUT2D eigenvalue weighted by molar-refractivity contribution is 0.0528. The van der Waals surface area contributed by atoms with Crippen molar-refractivity contribution in [1.82, 2.24) is 0 Å². The van der Waals surface area contributed by atoms with Crippen LogP contribution in [0.1, 0.15) is 17.3 Å². The molecule has 0 amide bonds. The molecule has 38 heavy (non-hydrogen) atoms. The van der Waals surface area contributed by atoms with Gasteiger partial charge in [-0.2, -0.15) is 0 Å². The Morgan fingerprint density at radius 2 is 1.58 bits per heavy atom. The van der Waals surface area contributed by atoms with Crippen LogP contribution in [0.3, 0.4) is 0 Å². The van der Waals surface area contributed by atoms with Crippen LogP contribution >= 0.6 is 23.6 Å². The van der Waals surface area contributed by atoms with Crippen molar-refractivity contribution in [1.29, 1.82) is 0 Å². The standard InChI is InChI=1S/C27H25N3O5S3/c1-3-35-26(31)23-17-24(18-7-5-4-6-8-18)37-25(23)29-27(36)28-19-11-15-22(16-12-19)38(32,33)30-20-9-13-21(34-2)14-10-20/h4-17,30H,3H2,1-2H3,(H2,28,29,36). The number of anilines is 3. The molecular weight excluding hydrogens is 543 g/mol. The Kier molecular flexibility index (Phi) is 8.62. The van der Waals surface area contributed by atoms with E-state index < -0.39 is 16.0 Å². The minimum Gasteiger partial charge on any atom is -0.497 e. The second-order valence-corrected chi connectivity index (χ2v) is 11.0. The number of nitrogens with one attached hydrogen (secondary N) is 3. The number of esters is 1. The van der Waals surface area contributed by atoms with Crippen LogP contribution in [0.25, 0.3) is 10.4 Å². The molecule has 0 spiro atoms. The van der Waals surface area contributed by atoms with Crippen molar-refractivity contribution >= 4 is 61.0 Å². The zero-order chi connectivity index (χ0) is 27.1. The van der Waals surface area contributed by atoms with Crippen LogP contribution < -0.4 is 20.1 Å². The lowest BCUT2D eigenvalue weighted by Gasteiger charge is -2.12. The molecule has 3 aromatic carbocycles. The highest BCUT2D eigenvalue weighted by Gasteiger charge is 2.19. The molecule has 4 aromatic rings. The van der Waals surface area contributed by atoms with Crippen molar-refractivity contribution in [2.45, 2.75) is 11.8 Å². The van der Waals surface area contributed by atoms with E-state index in [1.54, 1.807) is 49.4 Å². The molecule has 0 saturated heterocycles. The van der Waals surface area contributed by atoms with Gasteiger partial charge >= 0.3 is 5.97 Å². The highest BCUT2D eigenvalue weighted by Crippen LogP contribution is 2.36. The SMILES string of the molecule is CCOC(=O)c1cc(-c2ccccc2)sc1NC(=S)Nc1ccc(S(=O)(=O)Nc2ccc(OC)cc2)cc1. The molecule has 0 bridgehead atoms. The molecule has 4 rings (SSSR count). The van der Waals surface area contributed by atoms with Crippen molar-refractivity contribution in [3.8, 4) is 16.2 Å². The fourth-order valence-electron chi connectivity index (χ4n) is 3.45. The van der Waals surface area contributed by atoms with Gasteiger partial charge in [0.05, 0.1) is 24.2 Å². The number of rotatable bonds is 9. The summed E-state index contributed by atoms with van der Waals surface area (Å²) in [5, 5.41) is 6.88. The average Bonchev–Trinajstić information content (AvgIpc) is 3.33. The molecule has 0 radical (unpaired) electrons. The van der Waals surface area contributed by atoms with E-state index in [0.717, 1.165) is 10.4 Å². The van der Waals surface area contributed by atoms with Gasteiger partial charge in [0.1, 0.15) is 10.8 Å². The van der Waals surface area contributed by atoms with Crippen molar-refractivity contribution in [3.63, 3.8) is 0 Å². The van der Waals surface area contributed by atoms with Crippen molar-refractivity contribution in [2.24, 2.45) is 0 Å². The van der Waals surface area contributed by atoms with E-state index in [-0.39, 0.29) is 16.6 Å². The van der Waals surface area contributed by atoms with Gasteiger partial charge in [-0.25, -0.2) is 13.2 Å². The average molecular weight is 568 g/mol. The van der Waals surface area contributed by atoms with Gasteiger partial charge in [-0.05, 0) is 79.3 Å². The van der Waals surface area contributed by atoms with Gasteiger partial charge in [0, 0.05) is 16.3 Å². The van der Waals surface area contributed by atoms with Gasteiger partial charge in [0.2, 0.25) is 0 Å². The number of thiophene rings is 1. The largest absolute Gasteiger partial charge is 0.497 e. The van der Waals surface area contributed by atoms with E-state index in [1.165, 1.54) is 30.6 Å². The van der Waals surface area contributed by atoms with Crippen molar-refractivity contribution in [3.05, 3.63) is 90.5 Å². The zero-order valence-electron chi connectivity index (χ0n) is 20.6.